The number of nitrogens with zero attached hydrogens (tertiary/aromatic N) is 1. The summed E-state index contributed by atoms with van der Waals surface area (Å²) in [7, 11) is 0. The smallest absolute Gasteiger partial charge is 0.221 e. The average molecular weight is 210 g/mol. The van der Waals surface area contributed by atoms with Gasteiger partial charge in [0.1, 0.15) is 0 Å². The highest BCUT2D eigenvalue weighted by Gasteiger charge is 2.01. The second-order valence-electron chi connectivity index (χ2n) is 3.05. The summed E-state index contributed by atoms with van der Waals surface area (Å²) in [6, 6.07) is 1.91. The van der Waals surface area contributed by atoms with Crippen LogP contribution in [-0.4, -0.2) is 16.6 Å². The molecule has 1 rings (SSSR count). The van der Waals surface area contributed by atoms with Gasteiger partial charge in [0.25, 0.3) is 0 Å². The van der Waals surface area contributed by atoms with Gasteiger partial charge in [0, 0.05) is 25.4 Å². The van der Waals surface area contributed by atoms with Crippen molar-refractivity contribution in [2.75, 3.05) is 5.75 Å². The minimum atomic E-state index is 0.0382. The SMILES string of the molecule is Cc1cnccc1CNC(=O)CCS. The van der Waals surface area contributed by atoms with Crippen LogP contribution in [0, 0.1) is 6.92 Å². The van der Waals surface area contributed by atoms with Crippen LogP contribution in [0.5, 0.6) is 0 Å². The second kappa shape index (κ2) is 5.65. The fraction of sp³-hybridized carbons (Fsp3) is 0.400. The molecule has 76 valence electrons. The zero-order valence-corrected chi connectivity index (χ0v) is 9.05. The summed E-state index contributed by atoms with van der Waals surface area (Å²) in [6.07, 6.45) is 3.99. The number of hydrogen-bond acceptors (Lipinski definition) is 3. The molecule has 0 spiro atoms. The Kier molecular flexibility index (Phi) is 4.46. The van der Waals surface area contributed by atoms with Crippen LogP contribution in [0.3, 0.4) is 0 Å². The number of rotatable bonds is 4. The third-order valence-electron chi connectivity index (χ3n) is 1.95. The highest BCUT2D eigenvalue weighted by atomic mass is 32.1. The van der Waals surface area contributed by atoms with Gasteiger partial charge in [0.15, 0.2) is 0 Å². The number of hydrogen-bond donors (Lipinski definition) is 2. The normalized spacial score (nSPS) is 9.86. The lowest BCUT2D eigenvalue weighted by molar-refractivity contribution is -0.120. The molecule has 1 heterocycles. The fourth-order valence-electron chi connectivity index (χ4n) is 1.08. The summed E-state index contributed by atoms with van der Waals surface area (Å²) in [5, 5.41) is 2.83. The van der Waals surface area contributed by atoms with Gasteiger partial charge >= 0.3 is 0 Å². The first-order chi connectivity index (χ1) is 6.74. The van der Waals surface area contributed by atoms with E-state index < -0.39 is 0 Å². The van der Waals surface area contributed by atoms with E-state index in [0.717, 1.165) is 11.1 Å². The van der Waals surface area contributed by atoms with E-state index in [0.29, 0.717) is 18.7 Å². The monoisotopic (exact) mass is 210 g/mol. The van der Waals surface area contributed by atoms with Gasteiger partial charge in [-0.05, 0) is 29.9 Å². The number of aromatic nitrogens is 1. The second-order valence-corrected chi connectivity index (χ2v) is 3.50. The molecule has 4 heteroatoms. The van der Waals surface area contributed by atoms with E-state index in [2.05, 4.69) is 22.9 Å². The lowest BCUT2D eigenvalue weighted by Gasteiger charge is -2.06. The van der Waals surface area contributed by atoms with Crippen molar-refractivity contribution >= 4 is 18.5 Å². The fourth-order valence-corrected chi connectivity index (χ4v) is 1.29. The molecule has 0 aliphatic rings. The number of amides is 1. The van der Waals surface area contributed by atoms with Crippen LogP contribution < -0.4 is 5.32 Å². The van der Waals surface area contributed by atoms with Crippen molar-refractivity contribution in [3.63, 3.8) is 0 Å². The van der Waals surface area contributed by atoms with Gasteiger partial charge in [-0.25, -0.2) is 0 Å². The molecular weight excluding hydrogens is 196 g/mol. The Labute approximate surface area is 89.3 Å². The van der Waals surface area contributed by atoms with Crippen LogP contribution in [-0.2, 0) is 11.3 Å². The predicted molar refractivity (Wildman–Crippen MR) is 59.3 cm³/mol. The first kappa shape index (κ1) is 11.0. The van der Waals surface area contributed by atoms with Gasteiger partial charge in [-0.15, -0.1) is 0 Å². The number of carbonyl (C=O) groups excluding carboxylic acids is 1. The van der Waals surface area contributed by atoms with Crippen molar-refractivity contribution in [1.29, 1.82) is 0 Å². The molecular formula is C10H14N2OS. The molecule has 0 atom stereocenters. The minimum absolute atomic E-state index is 0.0382. The Balaban J connectivity index is 2.46. The summed E-state index contributed by atoms with van der Waals surface area (Å²) in [4.78, 5) is 15.1. The topological polar surface area (TPSA) is 42.0 Å². The molecule has 0 unspecified atom stereocenters. The Bertz CT molecular complexity index is 315. The highest BCUT2D eigenvalue weighted by molar-refractivity contribution is 7.80. The van der Waals surface area contributed by atoms with Crippen molar-refractivity contribution < 1.29 is 4.79 Å². The van der Waals surface area contributed by atoms with E-state index in [1.807, 2.05) is 13.0 Å². The van der Waals surface area contributed by atoms with Gasteiger partial charge in [0.05, 0.1) is 0 Å². The Morgan fingerprint density at radius 2 is 2.43 bits per heavy atom. The molecule has 0 aromatic carbocycles. The quantitative estimate of drug-likeness (QED) is 0.736. The third-order valence-corrected chi connectivity index (χ3v) is 2.17. The number of aryl methyl sites for hydroxylation is 1. The van der Waals surface area contributed by atoms with E-state index >= 15 is 0 Å². The third kappa shape index (κ3) is 3.38. The van der Waals surface area contributed by atoms with Crippen LogP contribution in [0.1, 0.15) is 17.5 Å². The van der Waals surface area contributed by atoms with Crippen molar-refractivity contribution in [3.05, 3.63) is 29.6 Å². The zero-order chi connectivity index (χ0) is 10.4. The number of carbonyl (C=O) groups is 1. The summed E-state index contributed by atoms with van der Waals surface area (Å²) < 4.78 is 0. The molecule has 0 saturated heterocycles. The molecule has 0 aliphatic heterocycles. The molecule has 0 aliphatic carbocycles. The maximum atomic E-state index is 11.2. The van der Waals surface area contributed by atoms with Gasteiger partial charge in [-0.1, -0.05) is 0 Å². The van der Waals surface area contributed by atoms with Crippen LogP contribution in [0.2, 0.25) is 0 Å². The van der Waals surface area contributed by atoms with Gasteiger partial charge in [-0.2, -0.15) is 12.6 Å². The molecule has 14 heavy (non-hydrogen) atoms. The molecule has 3 nitrogen and oxygen atoms in total. The van der Waals surface area contributed by atoms with Crippen LogP contribution in [0.4, 0.5) is 0 Å². The van der Waals surface area contributed by atoms with Crippen LogP contribution in [0.15, 0.2) is 18.5 Å². The van der Waals surface area contributed by atoms with E-state index in [1.165, 1.54) is 0 Å². The summed E-state index contributed by atoms with van der Waals surface area (Å²) in [6.45, 7) is 2.55. The average Bonchev–Trinajstić information content (AvgIpc) is 2.17. The summed E-state index contributed by atoms with van der Waals surface area (Å²) in [5.74, 6) is 0.623. The van der Waals surface area contributed by atoms with Gasteiger partial charge in [-0.3, -0.25) is 9.78 Å². The van der Waals surface area contributed by atoms with Crippen molar-refractivity contribution in [3.8, 4) is 0 Å². The molecule has 1 aromatic heterocycles. The Morgan fingerprint density at radius 3 is 3.07 bits per heavy atom. The standard InChI is InChI=1S/C10H14N2OS/c1-8-6-11-4-2-9(8)7-12-10(13)3-5-14/h2,4,6,14H,3,5,7H2,1H3,(H,12,13). The zero-order valence-electron chi connectivity index (χ0n) is 8.16. The van der Waals surface area contributed by atoms with E-state index in [9.17, 15) is 4.79 Å². The Hall–Kier alpha value is -1.03. The molecule has 1 amide bonds. The van der Waals surface area contributed by atoms with Crippen molar-refractivity contribution in [1.82, 2.24) is 10.3 Å². The minimum Gasteiger partial charge on any atom is -0.352 e. The largest absolute Gasteiger partial charge is 0.352 e. The number of nitrogens with one attached hydrogen (secondary N) is 1. The number of pyridine rings is 1. The van der Waals surface area contributed by atoms with E-state index in [-0.39, 0.29) is 5.91 Å². The Morgan fingerprint density at radius 1 is 1.64 bits per heavy atom. The maximum Gasteiger partial charge on any atom is 0.221 e. The van der Waals surface area contributed by atoms with Gasteiger partial charge < -0.3 is 5.32 Å². The molecule has 0 fully saturated rings. The molecule has 1 N–H and O–H groups in total. The molecule has 0 radical (unpaired) electrons. The lowest BCUT2D eigenvalue weighted by Crippen LogP contribution is -2.23. The van der Waals surface area contributed by atoms with Crippen molar-refractivity contribution in [2.45, 2.75) is 19.9 Å². The van der Waals surface area contributed by atoms with Crippen molar-refractivity contribution in [2.24, 2.45) is 0 Å². The predicted octanol–water partition coefficient (Wildman–Crippen LogP) is 1.33. The summed E-state index contributed by atoms with van der Waals surface area (Å²) >= 11 is 3.99. The van der Waals surface area contributed by atoms with Crippen LogP contribution >= 0.6 is 12.6 Å². The molecule has 1 aromatic rings. The van der Waals surface area contributed by atoms with E-state index in [1.54, 1.807) is 12.4 Å². The highest BCUT2D eigenvalue weighted by Crippen LogP contribution is 2.03. The van der Waals surface area contributed by atoms with Crippen LogP contribution in [0.25, 0.3) is 0 Å². The lowest BCUT2D eigenvalue weighted by atomic mass is 10.1. The maximum absolute atomic E-state index is 11.2. The van der Waals surface area contributed by atoms with Gasteiger partial charge in [0.2, 0.25) is 5.91 Å². The first-order valence-electron chi connectivity index (χ1n) is 4.51. The summed E-state index contributed by atoms with van der Waals surface area (Å²) in [5.41, 5.74) is 2.20. The number of thiol groups is 1. The molecule has 0 saturated carbocycles. The van der Waals surface area contributed by atoms with E-state index in [4.69, 9.17) is 0 Å². The first-order valence-corrected chi connectivity index (χ1v) is 5.14. The molecule has 0 bridgehead atoms.